The molecule has 1 saturated heterocycles. The summed E-state index contributed by atoms with van der Waals surface area (Å²) in [6.07, 6.45) is -4.10. The summed E-state index contributed by atoms with van der Waals surface area (Å²) < 4.78 is 44.9. The fourth-order valence-electron chi connectivity index (χ4n) is 5.38. The van der Waals surface area contributed by atoms with E-state index in [1.54, 1.807) is 6.07 Å². The summed E-state index contributed by atoms with van der Waals surface area (Å²) in [6, 6.07) is 16.9. The Balaban J connectivity index is 1.43. The number of hydrazone groups is 1. The lowest BCUT2D eigenvalue weighted by molar-refractivity contribution is -0.137. The molecular formula is C33H34ClF3N4O3. The van der Waals surface area contributed by atoms with Crippen molar-refractivity contribution in [3.8, 4) is 0 Å². The monoisotopic (exact) mass is 626 g/mol. The normalized spacial score (nSPS) is 17.5. The van der Waals surface area contributed by atoms with Gasteiger partial charge in [-0.3, -0.25) is 14.5 Å². The van der Waals surface area contributed by atoms with Crippen molar-refractivity contribution in [2.24, 2.45) is 5.10 Å². The number of rotatable bonds is 8. The molecule has 1 atom stereocenters. The van der Waals surface area contributed by atoms with E-state index in [1.807, 2.05) is 50.2 Å². The number of aryl methyl sites for hydroxylation is 2. The minimum atomic E-state index is -4.53. The van der Waals surface area contributed by atoms with Crippen LogP contribution in [0.4, 0.5) is 13.2 Å². The second kappa shape index (κ2) is 13.5. The second-order valence-corrected chi connectivity index (χ2v) is 11.5. The highest BCUT2D eigenvalue weighted by atomic mass is 35.5. The Morgan fingerprint density at radius 2 is 1.70 bits per heavy atom. The van der Waals surface area contributed by atoms with Crippen molar-refractivity contribution in [3.63, 3.8) is 0 Å². The van der Waals surface area contributed by atoms with Crippen LogP contribution >= 0.6 is 11.6 Å². The standard InChI is InChI=1S/C33H34ClF3N4O3/c1-22-7-8-25(19-23(22)2)29-20-30(27-5-3-4-6-28(27)34)41(38-29)31(42)21-40(14-13-39-15-17-44-18-16-39)32(43)24-9-11-26(12-10-24)33(35,36)37/h3-12,19,30H,13-18,20-21H2,1-2H3/t30-/m1/s1. The van der Waals surface area contributed by atoms with E-state index >= 15 is 0 Å². The summed E-state index contributed by atoms with van der Waals surface area (Å²) in [6.45, 7) is 6.90. The molecule has 7 nitrogen and oxygen atoms in total. The lowest BCUT2D eigenvalue weighted by Gasteiger charge is -2.31. The Bertz CT molecular complexity index is 1540. The first-order valence-electron chi connectivity index (χ1n) is 14.5. The number of alkyl halides is 3. The van der Waals surface area contributed by atoms with Gasteiger partial charge in [0.2, 0.25) is 0 Å². The fourth-order valence-corrected chi connectivity index (χ4v) is 5.64. The predicted molar refractivity (Wildman–Crippen MR) is 163 cm³/mol. The maximum atomic E-state index is 14.0. The van der Waals surface area contributed by atoms with Crippen molar-refractivity contribution >= 4 is 29.1 Å². The molecule has 2 aliphatic rings. The van der Waals surface area contributed by atoms with Crippen LogP contribution in [0.15, 0.2) is 71.8 Å². The van der Waals surface area contributed by atoms with E-state index in [0.29, 0.717) is 44.3 Å². The number of carbonyl (C=O) groups excluding carboxylic acids is 2. The lowest BCUT2D eigenvalue weighted by Crippen LogP contribution is -2.46. The first-order chi connectivity index (χ1) is 21.0. The number of halogens is 4. The van der Waals surface area contributed by atoms with Crippen LogP contribution in [-0.4, -0.2) is 78.3 Å². The summed E-state index contributed by atoms with van der Waals surface area (Å²) in [5.74, 6) is -0.955. The van der Waals surface area contributed by atoms with Crippen LogP contribution < -0.4 is 0 Å². The molecule has 0 aliphatic carbocycles. The molecule has 0 spiro atoms. The molecule has 2 amide bonds. The molecule has 0 unspecified atom stereocenters. The van der Waals surface area contributed by atoms with Crippen molar-refractivity contribution in [1.29, 1.82) is 0 Å². The van der Waals surface area contributed by atoms with E-state index < -0.39 is 29.6 Å². The predicted octanol–water partition coefficient (Wildman–Crippen LogP) is 6.13. The SMILES string of the molecule is Cc1ccc(C2=NN(C(=O)CN(CCN3CCOCC3)C(=O)c3ccc(C(F)(F)F)cc3)[C@@H](c3ccccc3Cl)C2)cc1C. The van der Waals surface area contributed by atoms with Crippen LogP contribution in [0.1, 0.15) is 50.6 Å². The minimum absolute atomic E-state index is 0.0659. The molecule has 2 aliphatic heterocycles. The first-order valence-corrected chi connectivity index (χ1v) is 14.9. The average Bonchev–Trinajstić information content (AvgIpc) is 3.46. The number of hydrogen-bond donors (Lipinski definition) is 0. The summed E-state index contributed by atoms with van der Waals surface area (Å²) in [5, 5.41) is 6.65. The Labute approximate surface area is 259 Å². The fraction of sp³-hybridized carbons (Fsp3) is 0.364. The van der Waals surface area contributed by atoms with Gasteiger partial charge in [0.05, 0.1) is 30.5 Å². The van der Waals surface area contributed by atoms with Crippen molar-refractivity contribution in [2.75, 3.05) is 45.9 Å². The molecule has 44 heavy (non-hydrogen) atoms. The van der Waals surface area contributed by atoms with Gasteiger partial charge in [0.1, 0.15) is 6.54 Å². The third kappa shape index (κ3) is 7.31. The van der Waals surface area contributed by atoms with E-state index in [9.17, 15) is 22.8 Å². The highest BCUT2D eigenvalue weighted by Gasteiger charge is 2.36. The molecule has 0 aromatic heterocycles. The molecule has 1 fully saturated rings. The summed E-state index contributed by atoms with van der Waals surface area (Å²) >= 11 is 6.58. The van der Waals surface area contributed by atoms with Gasteiger partial charge < -0.3 is 9.64 Å². The zero-order valence-corrected chi connectivity index (χ0v) is 25.4. The Hall–Kier alpha value is -3.73. The largest absolute Gasteiger partial charge is 0.416 e. The summed E-state index contributed by atoms with van der Waals surface area (Å²) in [4.78, 5) is 31.2. The van der Waals surface area contributed by atoms with Gasteiger partial charge in [0.15, 0.2) is 0 Å². The van der Waals surface area contributed by atoms with Gasteiger partial charge in [-0.2, -0.15) is 18.3 Å². The van der Waals surface area contributed by atoms with Crippen LogP contribution in [0.5, 0.6) is 0 Å². The summed E-state index contributed by atoms with van der Waals surface area (Å²) in [7, 11) is 0. The van der Waals surface area contributed by atoms with E-state index in [4.69, 9.17) is 21.4 Å². The molecule has 3 aromatic rings. The molecule has 3 aromatic carbocycles. The van der Waals surface area contributed by atoms with Crippen LogP contribution in [0.25, 0.3) is 0 Å². The zero-order valence-electron chi connectivity index (χ0n) is 24.6. The molecule has 2 heterocycles. The maximum absolute atomic E-state index is 14.0. The molecule has 0 saturated carbocycles. The van der Waals surface area contributed by atoms with Gasteiger partial charge in [-0.15, -0.1) is 0 Å². The number of hydrogen-bond acceptors (Lipinski definition) is 5. The van der Waals surface area contributed by atoms with Crippen LogP contribution in [0, 0.1) is 13.8 Å². The number of nitrogens with zero attached hydrogens (tertiary/aromatic N) is 4. The van der Waals surface area contributed by atoms with Crippen LogP contribution in [0.2, 0.25) is 5.02 Å². The van der Waals surface area contributed by atoms with Crippen molar-refractivity contribution in [3.05, 3.63) is 105 Å². The Kier molecular flexibility index (Phi) is 9.72. The van der Waals surface area contributed by atoms with E-state index in [0.717, 1.165) is 52.2 Å². The van der Waals surface area contributed by atoms with E-state index in [1.165, 1.54) is 9.91 Å². The Morgan fingerprint density at radius 3 is 2.36 bits per heavy atom. The van der Waals surface area contributed by atoms with Gasteiger partial charge in [0, 0.05) is 43.2 Å². The number of benzene rings is 3. The van der Waals surface area contributed by atoms with Crippen LogP contribution in [0.3, 0.4) is 0 Å². The van der Waals surface area contributed by atoms with Gasteiger partial charge in [-0.25, -0.2) is 5.01 Å². The maximum Gasteiger partial charge on any atom is 0.416 e. The zero-order chi connectivity index (χ0) is 31.4. The molecule has 0 radical (unpaired) electrons. The van der Waals surface area contributed by atoms with Crippen molar-refractivity contribution < 1.29 is 27.5 Å². The minimum Gasteiger partial charge on any atom is -0.379 e. The number of amides is 2. The summed E-state index contributed by atoms with van der Waals surface area (Å²) in [5.41, 5.74) is 3.81. The quantitative estimate of drug-likeness (QED) is 0.302. The average molecular weight is 627 g/mol. The molecular weight excluding hydrogens is 593 g/mol. The van der Waals surface area contributed by atoms with Gasteiger partial charge in [0.25, 0.3) is 11.8 Å². The Morgan fingerprint density at radius 1 is 1.00 bits per heavy atom. The topological polar surface area (TPSA) is 65.5 Å². The lowest BCUT2D eigenvalue weighted by atomic mass is 9.96. The highest BCUT2D eigenvalue weighted by Crippen LogP contribution is 2.37. The number of ether oxygens (including phenoxy) is 1. The van der Waals surface area contributed by atoms with Crippen molar-refractivity contribution in [2.45, 2.75) is 32.5 Å². The van der Waals surface area contributed by atoms with Gasteiger partial charge in [-0.1, -0.05) is 41.9 Å². The second-order valence-electron chi connectivity index (χ2n) is 11.1. The molecule has 232 valence electrons. The van der Waals surface area contributed by atoms with E-state index in [-0.39, 0.29) is 18.7 Å². The smallest absolute Gasteiger partial charge is 0.379 e. The molecule has 5 rings (SSSR count). The third-order valence-corrected chi connectivity index (χ3v) is 8.48. The number of morpholine rings is 1. The van der Waals surface area contributed by atoms with Crippen LogP contribution in [-0.2, 0) is 15.7 Å². The van der Waals surface area contributed by atoms with Crippen molar-refractivity contribution in [1.82, 2.24) is 14.8 Å². The molecule has 0 bridgehead atoms. The number of carbonyl (C=O) groups is 2. The van der Waals surface area contributed by atoms with Gasteiger partial charge in [-0.05, 0) is 72.5 Å². The molecule has 11 heteroatoms. The van der Waals surface area contributed by atoms with E-state index in [2.05, 4.69) is 4.90 Å². The highest BCUT2D eigenvalue weighted by molar-refractivity contribution is 6.31. The van der Waals surface area contributed by atoms with Gasteiger partial charge >= 0.3 is 6.18 Å². The first kappa shape index (κ1) is 31.7. The third-order valence-electron chi connectivity index (χ3n) is 8.13. The molecule has 0 N–H and O–H groups in total.